The summed E-state index contributed by atoms with van der Waals surface area (Å²) in [6.45, 7) is 4.41. The average molecular weight is 386 g/mol. The van der Waals surface area contributed by atoms with Crippen LogP contribution in [-0.4, -0.2) is 61.1 Å². The van der Waals surface area contributed by atoms with Gasteiger partial charge in [0.2, 0.25) is 0 Å². The third-order valence-corrected chi connectivity index (χ3v) is 4.47. The number of nitrogens with one attached hydrogen (secondary N) is 2. The van der Waals surface area contributed by atoms with Crippen molar-refractivity contribution in [2.24, 2.45) is 0 Å². The van der Waals surface area contributed by atoms with E-state index in [1.807, 2.05) is 0 Å². The SMILES string of the molecule is O=C(NCc1ccccc1F)c1ccnc(C(=O)NCCN2CCOCC2)c1. The van der Waals surface area contributed by atoms with Crippen LogP contribution in [0.25, 0.3) is 0 Å². The van der Waals surface area contributed by atoms with Crippen molar-refractivity contribution in [2.45, 2.75) is 6.54 Å². The van der Waals surface area contributed by atoms with Crippen molar-refractivity contribution >= 4 is 11.8 Å². The lowest BCUT2D eigenvalue weighted by molar-refractivity contribution is 0.0383. The van der Waals surface area contributed by atoms with Crippen molar-refractivity contribution in [1.82, 2.24) is 20.5 Å². The van der Waals surface area contributed by atoms with Gasteiger partial charge in [0.25, 0.3) is 11.8 Å². The molecule has 0 spiro atoms. The predicted octanol–water partition coefficient (Wildman–Crippen LogP) is 1.21. The smallest absolute Gasteiger partial charge is 0.269 e. The van der Waals surface area contributed by atoms with Crippen molar-refractivity contribution in [3.63, 3.8) is 0 Å². The van der Waals surface area contributed by atoms with Crippen LogP contribution in [0.2, 0.25) is 0 Å². The topological polar surface area (TPSA) is 83.6 Å². The van der Waals surface area contributed by atoms with Crippen LogP contribution in [-0.2, 0) is 11.3 Å². The summed E-state index contributed by atoms with van der Waals surface area (Å²) >= 11 is 0. The van der Waals surface area contributed by atoms with E-state index in [9.17, 15) is 14.0 Å². The Labute approximate surface area is 162 Å². The Morgan fingerprint density at radius 1 is 1.11 bits per heavy atom. The molecule has 0 aliphatic carbocycles. The van der Waals surface area contributed by atoms with E-state index < -0.39 is 5.91 Å². The first-order chi connectivity index (χ1) is 13.6. The van der Waals surface area contributed by atoms with Crippen LogP contribution in [0.5, 0.6) is 0 Å². The fourth-order valence-corrected chi connectivity index (χ4v) is 2.86. The third-order valence-electron chi connectivity index (χ3n) is 4.47. The first kappa shape index (κ1) is 19.9. The lowest BCUT2D eigenvalue weighted by Crippen LogP contribution is -2.41. The van der Waals surface area contributed by atoms with E-state index in [0.29, 0.717) is 30.9 Å². The molecule has 0 atom stereocenters. The quantitative estimate of drug-likeness (QED) is 0.748. The lowest BCUT2D eigenvalue weighted by atomic mass is 10.2. The molecule has 1 aliphatic rings. The molecular formula is C20H23FN4O3. The van der Waals surface area contributed by atoms with Gasteiger partial charge in [-0.3, -0.25) is 19.5 Å². The van der Waals surface area contributed by atoms with Gasteiger partial charge in [-0.05, 0) is 18.2 Å². The standard InChI is InChI=1S/C20H23FN4O3/c21-17-4-2-1-3-16(17)14-24-19(26)15-5-6-22-18(13-15)20(27)23-7-8-25-9-11-28-12-10-25/h1-6,13H,7-12,14H2,(H,23,27)(H,24,26). The summed E-state index contributed by atoms with van der Waals surface area (Å²) < 4.78 is 18.9. The molecule has 28 heavy (non-hydrogen) atoms. The largest absolute Gasteiger partial charge is 0.379 e. The fourth-order valence-electron chi connectivity index (χ4n) is 2.86. The molecule has 1 fully saturated rings. The second-order valence-electron chi connectivity index (χ2n) is 6.41. The highest BCUT2D eigenvalue weighted by Gasteiger charge is 2.14. The van der Waals surface area contributed by atoms with Crippen molar-refractivity contribution in [2.75, 3.05) is 39.4 Å². The zero-order chi connectivity index (χ0) is 19.8. The highest BCUT2D eigenvalue weighted by Crippen LogP contribution is 2.07. The number of ether oxygens (including phenoxy) is 1. The Morgan fingerprint density at radius 2 is 1.89 bits per heavy atom. The molecule has 2 aromatic rings. The van der Waals surface area contributed by atoms with Crippen LogP contribution in [0.15, 0.2) is 42.6 Å². The molecule has 2 heterocycles. The first-order valence-corrected chi connectivity index (χ1v) is 9.19. The van der Waals surface area contributed by atoms with Crippen molar-refractivity contribution in [3.8, 4) is 0 Å². The van der Waals surface area contributed by atoms with E-state index in [0.717, 1.165) is 19.6 Å². The molecule has 0 bridgehead atoms. The number of carbonyl (C=O) groups is 2. The second kappa shape index (κ2) is 9.91. The lowest BCUT2D eigenvalue weighted by Gasteiger charge is -2.26. The molecule has 2 N–H and O–H groups in total. The first-order valence-electron chi connectivity index (χ1n) is 9.19. The zero-order valence-corrected chi connectivity index (χ0v) is 15.5. The van der Waals surface area contributed by atoms with Gasteiger partial charge in [-0.15, -0.1) is 0 Å². The molecule has 1 aromatic heterocycles. The number of pyridine rings is 1. The molecule has 0 saturated carbocycles. The van der Waals surface area contributed by atoms with Crippen molar-refractivity contribution < 1.29 is 18.7 Å². The van der Waals surface area contributed by atoms with Gasteiger partial charge in [-0.25, -0.2) is 4.39 Å². The summed E-state index contributed by atoms with van der Waals surface area (Å²) in [6.07, 6.45) is 1.41. The number of morpholine rings is 1. The summed E-state index contributed by atoms with van der Waals surface area (Å²) in [4.78, 5) is 30.8. The third kappa shape index (κ3) is 5.58. The van der Waals surface area contributed by atoms with E-state index >= 15 is 0 Å². The minimum Gasteiger partial charge on any atom is -0.379 e. The molecule has 3 rings (SSSR count). The number of rotatable bonds is 7. The summed E-state index contributed by atoms with van der Waals surface area (Å²) in [5, 5.41) is 5.46. The molecule has 1 aliphatic heterocycles. The summed E-state index contributed by atoms with van der Waals surface area (Å²) in [7, 11) is 0. The fraction of sp³-hybridized carbons (Fsp3) is 0.350. The summed E-state index contributed by atoms with van der Waals surface area (Å²) in [5.74, 6) is -1.11. The molecule has 0 unspecified atom stereocenters. The van der Waals surface area contributed by atoms with Gasteiger partial charge >= 0.3 is 0 Å². The molecule has 1 aromatic carbocycles. The van der Waals surface area contributed by atoms with Gasteiger partial charge in [0.15, 0.2) is 0 Å². The number of amides is 2. The average Bonchev–Trinajstić information content (AvgIpc) is 2.74. The van der Waals surface area contributed by atoms with Crippen LogP contribution >= 0.6 is 0 Å². The molecule has 7 nitrogen and oxygen atoms in total. The zero-order valence-electron chi connectivity index (χ0n) is 15.5. The van der Waals surface area contributed by atoms with Gasteiger partial charge in [-0.2, -0.15) is 0 Å². The van der Waals surface area contributed by atoms with Crippen molar-refractivity contribution in [3.05, 3.63) is 65.2 Å². The maximum atomic E-state index is 13.6. The van der Waals surface area contributed by atoms with Gasteiger partial charge in [0.1, 0.15) is 11.5 Å². The van der Waals surface area contributed by atoms with Crippen LogP contribution in [0.3, 0.4) is 0 Å². The Kier molecular flexibility index (Phi) is 7.05. The Balaban J connectivity index is 1.51. The predicted molar refractivity (Wildman–Crippen MR) is 101 cm³/mol. The van der Waals surface area contributed by atoms with Gasteiger partial charge in [-0.1, -0.05) is 18.2 Å². The number of halogens is 1. The van der Waals surface area contributed by atoms with E-state index in [-0.39, 0.29) is 24.0 Å². The van der Waals surface area contributed by atoms with E-state index in [2.05, 4.69) is 20.5 Å². The maximum Gasteiger partial charge on any atom is 0.269 e. The van der Waals surface area contributed by atoms with Crippen LogP contribution in [0.4, 0.5) is 4.39 Å². The monoisotopic (exact) mass is 386 g/mol. The molecule has 0 radical (unpaired) electrons. The van der Waals surface area contributed by atoms with Crippen LogP contribution in [0, 0.1) is 5.82 Å². The van der Waals surface area contributed by atoms with Gasteiger partial charge in [0, 0.05) is 50.0 Å². The number of hydrogen-bond donors (Lipinski definition) is 2. The minimum absolute atomic E-state index is 0.0644. The summed E-state index contributed by atoms with van der Waals surface area (Å²) in [5.41, 5.74) is 0.858. The van der Waals surface area contributed by atoms with Crippen molar-refractivity contribution in [1.29, 1.82) is 0 Å². The molecule has 148 valence electrons. The minimum atomic E-state index is -0.395. The van der Waals surface area contributed by atoms with E-state index in [1.165, 1.54) is 24.4 Å². The highest BCUT2D eigenvalue weighted by molar-refractivity contribution is 5.98. The molecule has 2 amide bonds. The van der Waals surface area contributed by atoms with Crippen LogP contribution in [0.1, 0.15) is 26.4 Å². The number of aromatic nitrogens is 1. The highest BCUT2D eigenvalue weighted by atomic mass is 19.1. The number of carbonyl (C=O) groups excluding carboxylic acids is 2. The number of hydrogen-bond acceptors (Lipinski definition) is 5. The van der Waals surface area contributed by atoms with E-state index in [1.54, 1.807) is 18.2 Å². The van der Waals surface area contributed by atoms with Crippen LogP contribution < -0.4 is 10.6 Å². The Hall–Kier alpha value is -2.84. The van der Waals surface area contributed by atoms with Gasteiger partial charge in [0.05, 0.1) is 13.2 Å². The molecule has 8 heteroatoms. The molecular weight excluding hydrogens is 363 g/mol. The molecule has 1 saturated heterocycles. The number of benzene rings is 1. The number of nitrogens with zero attached hydrogens (tertiary/aromatic N) is 2. The Morgan fingerprint density at radius 3 is 2.68 bits per heavy atom. The van der Waals surface area contributed by atoms with Gasteiger partial charge < -0.3 is 15.4 Å². The maximum absolute atomic E-state index is 13.6. The van der Waals surface area contributed by atoms with E-state index in [4.69, 9.17) is 4.74 Å². The second-order valence-corrected chi connectivity index (χ2v) is 6.41. The summed E-state index contributed by atoms with van der Waals surface area (Å²) in [6, 6.07) is 9.19. The Bertz CT molecular complexity index is 825. The normalized spacial score (nSPS) is 14.5.